The van der Waals surface area contributed by atoms with Crippen LogP contribution in [0.4, 0.5) is 0 Å². The molecule has 0 fully saturated rings. The number of benzene rings is 1. The fourth-order valence-corrected chi connectivity index (χ4v) is 2.50. The molecule has 4 heteroatoms. The Morgan fingerprint density at radius 3 is 2.71 bits per heavy atom. The summed E-state index contributed by atoms with van der Waals surface area (Å²) in [5, 5.41) is 3.27. The summed E-state index contributed by atoms with van der Waals surface area (Å²) < 4.78 is 2.27. The number of ketones is 1. The maximum absolute atomic E-state index is 11.9. The van der Waals surface area contributed by atoms with Crippen molar-refractivity contribution in [2.45, 2.75) is 33.4 Å². The van der Waals surface area contributed by atoms with Gasteiger partial charge in [-0.25, -0.2) is 5.01 Å². The highest BCUT2D eigenvalue weighted by atomic mass is 16.1. The highest BCUT2D eigenvalue weighted by Gasteiger charge is 2.13. The number of aromatic nitrogens is 1. The third-order valence-corrected chi connectivity index (χ3v) is 3.90. The molecule has 0 aliphatic heterocycles. The van der Waals surface area contributed by atoms with Crippen LogP contribution in [0.25, 0.3) is 10.9 Å². The summed E-state index contributed by atoms with van der Waals surface area (Å²) in [6.07, 6.45) is 0.590. The molecule has 0 radical (unpaired) electrons. The molecule has 2 aromatic rings. The standard InChI is InChI=1S/C17H25N3O/c1-13(2)17(21)9-10-20-15(12-19(4)18-3)11-14-7-5-6-8-16(14)20/h5-8,11,13,18H,9-10,12H2,1-4H3. The number of nitrogens with zero attached hydrogens (tertiary/aromatic N) is 2. The zero-order valence-electron chi connectivity index (χ0n) is 13.4. The fraction of sp³-hybridized carbons (Fsp3) is 0.471. The second-order valence-corrected chi connectivity index (χ2v) is 5.80. The SMILES string of the molecule is CNN(C)Cc1cc2ccccc2n1CCC(=O)C(C)C. The van der Waals surface area contributed by atoms with Crippen molar-refractivity contribution in [1.82, 2.24) is 15.0 Å². The summed E-state index contributed by atoms with van der Waals surface area (Å²) in [5.41, 5.74) is 5.55. The van der Waals surface area contributed by atoms with Gasteiger partial charge in [0, 0.05) is 37.1 Å². The summed E-state index contributed by atoms with van der Waals surface area (Å²) >= 11 is 0. The third-order valence-electron chi connectivity index (χ3n) is 3.90. The second-order valence-electron chi connectivity index (χ2n) is 5.80. The van der Waals surface area contributed by atoms with E-state index in [4.69, 9.17) is 0 Å². The number of hydrazine groups is 1. The molecule has 0 saturated heterocycles. The zero-order chi connectivity index (χ0) is 15.4. The quantitative estimate of drug-likeness (QED) is 0.796. The number of carbonyl (C=O) groups excluding carboxylic acids is 1. The van der Waals surface area contributed by atoms with Gasteiger partial charge in [-0.15, -0.1) is 0 Å². The minimum Gasteiger partial charge on any atom is -0.343 e. The fourth-order valence-electron chi connectivity index (χ4n) is 2.50. The molecule has 21 heavy (non-hydrogen) atoms. The van der Waals surface area contributed by atoms with Gasteiger partial charge in [0.15, 0.2) is 0 Å². The average molecular weight is 287 g/mol. The average Bonchev–Trinajstić information content (AvgIpc) is 2.81. The lowest BCUT2D eigenvalue weighted by molar-refractivity contribution is -0.122. The Hall–Kier alpha value is -1.65. The molecule has 114 valence electrons. The second kappa shape index (κ2) is 6.87. The van der Waals surface area contributed by atoms with Crippen LogP contribution in [-0.4, -0.2) is 29.5 Å². The minimum absolute atomic E-state index is 0.107. The number of carbonyl (C=O) groups is 1. The molecule has 0 aliphatic carbocycles. The number of aryl methyl sites for hydroxylation is 1. The molecule has 0 unspecified atom stereocenters. The minimum atomic E-state index is 0.107. The number of hydrogen-bond acceptors (Lipinski definition) is 3. The van der Waals surface area contributed by atoms with Crippen LogP contribution >= 0.6 is 0 Å². The molecule has 0 amide bonds. The largest absolute Gasteiger partial charge is 0.343 e. The molecule has 1 N–H and O–H groups in total. The first kappa shape index (κ1) is 15.7. The Kier molecular flexibility index (Phi) is 5.15. The normalized spacial score (nSPS) is 11.7. The summed E-state index contributed by atoms with van der Waals surface area (Å²) in [7, 11) is 3.93. The lowest BCUT2D eigenvalue weighted by Crippen LogP contribution is -2.31. The Morgan fingerprint density at radius 1 is 1.33 bits per heavy atom. The van der Waals surface area contributed by atoms with Crippen molar-refractivity contribution in [2.24, 2.45) is 5.92 Å². The van der Waals surface area contributed by atoms with E-state index in [0.29, 0.717) is 12.2 Å². The van der Waals surface area contributed by atoms with Crippen LogP contribution in [-0.2, 0) is 17.9 Å². The van der Waals surface area contributed by atoms with Gasteiger partial charge in [-0.2, -0.15) is 0 Å². The van der Waals surface area contributed by atoms with Crippen molar-refractivity contribution >= 4 is 16.7 Å². The Balaban J connectivity index is 2.29. The first-order valence-electron chi connectivity index (χ1n) is 7.51. The Bertz CT molecular complexity index is 616. The van der Waals surface area contributed by atoms with Gasteiger partial charge in [-0.3, -0.25) is 10.2 Å². The van der Waals surface area contributed by atoms with E-state index in [2.05, 4.69) is 40.3 Å². The van der Waals surface area contributed by atoms with Gasteiger partial charge in [0.25, 0.3) is 0 Å². The number of nitrogens with one attached hydrogen (secondary N) is 1. The van der Waals surface area contributed by atoms with E-state index >= 15 is 0 Å². The lowest BCUT2D eigenvalue weighted by Gasteiger charge is -2.17. The van der Waals surface area contributed by atoms with E-state index in [1.54, 1.807) is 0 Å². The van der Waals surface area contributed by atoms with Crippen LogP contribution in [0, 0.1) is 5.92 Å². The summed E-state index contributed by atoms with van der Waals surface area (Å²) in [4.78, 5) is 11.9. The molecular weight excluding hydrogens is 262 g/mol. The number of para-hydroxylation sites is 1. The molecule has 0 atom stereocenters. The maximum Gasteiger partial charge on any atom is 0.137 e. The van der Waals surface area contributed by atoms with Gasteiger partial charge in [0.2, 0.25) is 0 Å². The highest BCUT2D eigenvalue weighted by Crippen LogP contribution is 2.21. The monoisotopic (exact) mass is 287 g/mol. The van der Waals surface area contributed by atoms with E-state index in [0.717, 1.165) is 13.1 Å². The van der Waals surface area contributed by atoms with Gasteiger partial charge in [0.05, 0.1) is 6.54 Å². The van der Waals surface area contributed by atoms with Crippen LogP contribution in [0.5, 0.6) is 0 Å². The Labute approximate surface area is 126 Å². The molecule has 1 heterocycles. The lowest BCUT2D eigenvalue weighted by atomic mass is 10.1. The topological polar surface area (TPSA) is 37.3 Å². The van der Waals surface area contributed by atoms with Gasteiger partial charge >= 0.3 is 0 Å². The highest BCUT2D eigenvalue weighted by molar-refractivity contribution is 5.82. The van der Waals surface area contributed by atoms with Crippen LogP contribution < -0.4 is 5.43 Å². The molecule has 2 rings (SSSR count). The molecule has 1 aromatic heterocycles. The molecule has 1 aromatic carbocycles. The summed E-state index contributed by atoms with van der Waals surface area (Å²) in [5.74, 6) is 0.427. The third kappa shape index (κ3) is 3.71. The van der Waals surface area contributed by atoms with Gasteiger partial charge in [-0.1, -0.05) is 32.0 Å². The van der Waals surface area contributed by atoms with E-state index in [-0.39, 0.29) is 5.92 Å². The van der Waals surface area contributed by atoms with Crippen molar-refractivity contribution in [3.8, 4) is 0 Å². The van der Waals surface area contributed by atoms with Crippen molar-refractivity contribution in [2.75, 3.05) is 14.1 Å². The van der Waals surface area contributed by atoms with Crippen LogP contribution in [0.2, 0.25) is 0 Å². The van der Waals surface area contributed by atoms with E-state index in [1.165, 1.54) is 16.6 Å². The first-order valence-corrected chi connectivity index (χ1v) is 7.51. The summed E-state index contributed by atoms with van der Waals surface area (Å²) in [6.45, 7) is 5.48. The number of Topliss-reactive ketones (excluding diaryl/α,β-unsaturated/α-hetero) is 1. The van der Waals surface area contributed by atoms with Gasteiger partial charge in [-0.05, 0) is 24.6 Å². The van der Waals surface area contributed by atoms with E-state index in [9.17, 15) is 4.79 Å². The van der Waals surface area contributed by atoms with Crippen LogP contribution in [0.3, 0.4) is 0 Å². The van der Waals surface area contributed by atoms with Crippen molar-refractivity contribution in [3.05, 3.63) is 36.0 Å². The molecule has 0 bridgehead atoms. The maximum atomic E-state index is 11.9. The predicted octanol–water partition coefficient (Wildman–Crippen LogP) is 2.82. The van der Waals surface area contributed by atoms with Crippen LogP contribution in [0.1, 0.15) is 26.0 Å². The van der Waals surface area contributed by atoms with E-state index < -0.39 is 0 Å². The number of hydrogen-bond donors (Lipinski definition) is 1. The van der Waals surface area contributed by atoms with Gasteiger partial charge in [0.1, 0.15) is 5.78 Å². The van der Waals surface area contributed by atoms with Crippen molar-refractivity contribution in [1.29, 1.82) is 0 Å². The van der Waals surface area contributed by atoms with Crippen LogP contribution in [0.15, 0.2) is 30.3 Å². The number of rotatable bonds is 7. The number of fused-ring (bicyclic) bond motifs is 1. The molecule has 0 spiro atoms. The van der Waals surface area contributed by atoms with Gasteiger partial charge < -0.3 is 4.57 Å². The molecule has 4 nitrogen and oxygen atoms in total. The zero-order valence-corrected chi connectivity index (χ0v) is 13.4. The Morgan fingerprint density at radius 2 is 2.05 bits per heavy atom. The molecule has 0 aliphatic rings. The predicted molar refractivity (Wildman–Crippen MR) is 86.9 cm³/mol. The van der Waals surface area contributed by atoms with E-state index in [1.807, 2.05) is 33.0 Å². The van der Waals surface area contributed by atoms with Crippen molar-refractivity contribution in [3.63, 3.8) is 0 Å². The summed E-state index contributed by atoms with van der Waals surface area (Å²) in [6, 6.07) is 10.6. The molecular formula is C17H25N3O. The smallest absolute Gasteiger partial charge is 0.137 e. The molecule has 0 saturated carbocycles. The van der Waals surface area contributed by atoms with Crippen molar-refractivity contribution < 1.29 is 4.79 Å². The first-order chi connectivity index (χ1) is 10.0.